The highest BCUT2D eigenvalue weighted by molar-refractivity contribution is 5.82. The van der Waals surface area contributed by atoms with Crippen molar-refractivity contribution in [2.45, 2.75) is 59.4 Å². The van der Waals surface area contributed by atoms with Gasteiger partial charge in [0.15, 0.2) is 0 Å². The molecule has 4 nitrogen and oxygen atoms in total. The Morgan fingerprint density at radius 1 is 1.20 bits per heavy atom. The van der Waals surface area contributed by atoms with Crippen LogP contribution >= 0.6 is 0 Å². The smallest absolute Gasteiger partial charge is 0.226 e. The van der Waals surface area contributed by atoms with E-state index in [0.717, 1.165) is 48.1 Å². The van der Waals surface area contributed by atoms with E-state index < -0.39 is 0 Å². The lowest BCUT2D eigenvalue weighted by Crippen LogP contribution is -2.34. The second-order valence-electron chi connectivity index (χ2n) is 7.67. The van der Waals surface area contributed by atoms with Gasteiger partial charge in [0.2, 0.25) is 5.95 Å². The van der Waals surface area contributed by atoms with E-state index in [1.165, 1.54) is 31.2 Å². The normalized spacial score (nSPS) is 19.8. The summed E-state index contributed by atoms with van der Waals surface area (Å²) in [5.74, 6) is 1.66. The van der Waals surface area contributed by atoms with E-state index in [2.05, 4.69) is 56.1 Å². The van der Waals surface area contributed by atoms with Gasteiger partial charge < -0.3 is 10.2 Å². The number of rotatable bonds is 5. The van der Waals surface area contributed by atoms with E-state index in [1.807, 2.05) is 0 Å². The van der Waals surface area contributed by atoms with Crippen molar-refractivity contribution in [2.24, 2.45) is 5.92 Å². The number of aromatic nitrogens is 2. The molecule has 1 fully saturated rings. The Morgan fingerprint density at radius 3 is 2.84 bits per heavy atom. The number of nitrogens with zero attached hydrogens (tertiary/aromatic N) is 3. The molecule has 2 heterocycles. The summed E-state index contributed by atoms with van der Waals surface area (Å²) in [5, 5.41) is 4.93. The summed E-state index contributed by atoms with van der Waals surface area (Å²) in [6.07, 6.45) is 4.87. The van der Waals surface area contributed by atoms with E-state index in [1.54, 1.807) is 0 Å². The minimum Gasteiger partial charge on any atom is -0.341 e. The van der Waals surface area contributed by atoms with Crippen molar-refractivity contribution >= 4 is 16.9 Å². The van der Waals surface area contributed by atoms with Gasteiger partial charge in [-0.15, -0.1) is 0 Å². The molecule has 1 N–H and O–H groups in total. The standard InChI is InChI=1S/C21H32N4/c1-5-15(2)14-22-18-7-6-11-25(12-10-18)21-23-17(4)19-9-8-16(3)13-20(19)24-21/h8-9,13,15,18,22H,5-7,10-12,14H2,1-4H3/t15-,18+/m1/s1. The second-order valence-corrected chi connectivity index (χ2v) is 7.67. The third-order valence-corrected chi connectivity index (χ3v) is 5.49. The predicted octanol–water partition coefficient (Wildman–Crippen LogP) is 4.24. The van der Waals surface area contributed by atoms with Crippen molar-refractivity contribution < 1.29 is 0 Å². The Hall–Kier alpha value is -1.68. The molecule has 1 aromatic carbocycles. The lowest BCUT2D eigenvalue weighted by molar-refractivity contribution is 0.414. The van der Waals surface area contributed by atoms with Crippen molar-refractivity contribution in [1.82, 2.24) is 15.3 Å². The zero-order valence-corrected chi connectivity index (χ0v) is 16.2. The van der Waals surface area contributed by atoms with Crippen LogP contribution in [0.2, 0.25) is 0 Å². The van der Waals surface area contributed by atoms with E-state index in [4.69, 9.17) is 9.97 Å². The molecule has 0 saturated carbocycles. The molecular weight excluding hydrogens is 308 g/mol. The SMILES string of the molecule is CC[C@@H](C)CN[C@H]1CCCN(c2nc(C)c3ccc(C)cc3n2)CC1. The maximum atomic E-state index is 4.87. The minimum atomic E-state index is 0.628. The Kier molecular flexibility index (Phi) is 5.89. The van der Waals surface area contributed by atoms with Crippen LogP contribution in [0.3, 0.4) is 0 Å². The molecule has 3 rings (SSSR count). The number of anilines is 1. The molecule has 1 saturated heterocycles. The van der Waals surface area contributed by atoms with Crippen molar-refractivity contribution in [2.75, 3.05) is 24.5 Å². The molecule has 25 heavy (non-hydrogen) atoms. The Labute approximate surface area is 152 Å². The van der Waals surface area contributed by atoms with Crippen LogP contribution in [0.5, 0.6) is 0 Å². The number of aryl methyl sites for hydroxylation is 2. The summed E-state index contributed by atoms with van der Waals surface area (Å²) in [4.78, 5) is 12.0. The summed E-state index contributed by atoms with van der Waals surface area (Å²) in [6.45, 7) is 12.0. The largest absolute Gasteiger partial charge is 0.341 e. The van der Waals surface area contributed by atoms with Crippen LogP contribution in [0, 0.1) is 19.8 Å². The van der Waals surface area contributed by atoms with Gasteiger partial charge in [-0.3, -0.25) is 0 Å². The number of hydrogen-bond acceptors (Lipinski definition) is 4. The van der Waals surface area contributed by atoms with Crippen molar-refractivity contribution in [3.05, 3.63) is 29.5 Å². The van der Waals surface area contributed by atoms with Gasteiger partial charge in [-0.1, -0.05) is 32.4 Å². The molecule has 0 spiro atoms. The topological polar surface area (TPSA) is 41.0 Å². The number of fused-ring (bicyclic) bond motifs is 1. The highest BCUT2D eigenvalue weighted by Crippen LogP contribution is 2.22. The van der Waals surface area contributed by atoms with E-state index in [-0.39, 0.29) is 0 Å². The van der Waals surface area contributed by atoms with E-state index in [0.29, 0.717) is 6.04 Å². The molecule has 2 atom stereocenters. The summed E-state index contributed by atoms with van der Waals surface area (Å²) >= 11 is 0. The lowest BCUT2D eigenvalue weighted by atomic mass is 10.1. The summed E-state index contributed by atoms with van der Waals surface area (Å²) in [6, 6.07) is 7.07. The molecule has 136 valence electrons. The zero-order valence-electron chi connectivity index (χ0n) is 16.2. The van der Waals surface area contributed by atoms with Crippen LogP contribution in [0.1, 0.15) is 50.8 Å². The minimum absolute atomic E-state index is 0.628. The highest BCUT2D eigenvalue weighted by Gasteiger charge is 2.19. The average Bonchev–Trinajstić information content (AvgIpc) is 2.84. The molecule has 0 amide bonds. The van der Waals surface area contributed by atoms with Crippen LogP contribution in [-0.4, -0.2) is 35.6 Å². The monoisotopic (exact) mass is 340 g/mol. The van der Waals surface area contributed by atoms with Gasteiger partial charge >= 0.3 is 0 Å². The fourth-order valence-corrected chi connectivity index (χ4v) is 3.54. The van der Waals surface area contributed by atoms with Gasteiger partial charge in [0.25, 0.3) is 0 Å². The summed E-state index contributed by atoms with van der Waals surface area (Å²) < 4.78 is 0. The molecule has 1 aliphatic heterocycles. The maximum Gasteiger partial charge on any atom is 0.226 e. The lowest BCUT2D eigenvalue weighted by Gasteiger charge is -2.22. The van der Waals surface area contributed by atoms with Gasteiger partial charge in [-0.25, -0.2) is 9.97 Å². The fourth-order valence-electron chi connectivity index (χ4n) is 3.54. The number of hydrogen-bond donors (Lipinski definition) is 1. The first-order valence-corrected chi connectivity index (χ1v) is 9.80. The van der Waals surface area contributed by atoms with Crippen LogP contribution in [0.25, 0.3) is 10.9 Å². The number of benzene rings is 1. The molecule has 0 bridgehead atoms. The molecule has 0 unspecified atom stereocenters. The first-order chi connectivity index (χ1) is 12.1. The summed E-state index contributed by atoms with van der Waals surface area (Å²) in [5.41, 5.74) is 3.40. The van der Waals surface area contributed by atoms with Gasteiger partial charge in [0.1, 0.15) is 0 Å². The van der Waals surface area contributed by atoms with Crippen LogP contribution in [0.4, 0.5) is 5.95 Å². The third kappa shape index (κ3) is 4.49. The Balaban J connectivity index is 1.71. The van der Waals surface area contributed by atoms with Crippen molar-refractivity contribution in [3.8, 4) is 0 Å². The van der Waals surface area contributed by atoms with Crippen LogP contribution in [-0.2, 0) is 0 Å². The molecule has 2 aromatic rings. The molecule has 0 aliphatic carbocycles. The maximum absolute atomic E-state index is 4.87. The van der Waals surface area contributed by atoms with E-state index in [9.17, 15) is 0 Å². The van der Waals surface area contributed by atoms with E-state index >= 15 is 0 Å². The quantitative estimate of drug-likeness (QED) is 0.884. The van der Waals surface area contributed by atoms with Crippen molar-refractivity contribution in [1.29, 1.82) is 0 Å². The average molecular weight is 341 g/mol. The molecule has 1 aromatic heterocycles. The molecule has 0 radical (unpaired) electrons. The second kappa shape index (κ2) is 8.13. The Bertz CT molecular complexity index is 712. The number of nitrogens with one attached hydrogen (secondary N) is 1. The van der Waals surface area contributed by atoms with Crippen LogP contribution in [0.15, 0.2) is 18.2 Å². The first kappa shape index (κ1) is 18.1. The zero-order chi connectivity index (χ0) is 17.8. The van der Waals surface area contributed by atoms with Gasteiger partial charge in [-0.05, 0) is 57.2 Å². The predicted molar refractivity (Wildman–Crippen MR) is 106 cm³/mol. The van der Waals surface area contributed by atoms with Crippen LogP contribution < -0.4 is 10.2 Å². The third-order valence-electron chi connectivity index (χ3n) is 5.49. The molecule has 1 aliphatic rings. The first-order valence-electron chi connectivity index (χ1n) is 9.80. The van der Waals surface area contributed by atoms with Gasteiger partial charge in [-0.2, -0.15) is 0 Å². The summed E-state index contributed by atoms with van der Waals surface area (Å²) in [7, 11) is 0. The van der Waals surface area contributed by atoms with Crippen molar-refractivity contribution in [3.63, 3.8) is 0 Å². The molecular formula is C21H32N4. The highest BCUT2D eigenvalue weighted by atomic mass is 15.3. The van der Waals surface area contributed by atoms with Gasteiger partial charge in [0, 0.05) is 24.5 Å². The fraction of sp³-hybridized carbons (Fsp3) is 0.619. The Morgan fingerprint density at radius 2 is 2.04 bits per heavy atom. The molecule has 4 heteroatoms. The van der Waals surface area contributed by atoms with Gasteiger partial charge in [0.05, 0.1) is 11.2 Å².